The predicted octanol–water partition coefficient (Wildman–Crippen LogP) is 3.62. The quantitative estimate of drug-likeness (QED) is 0.776. The highest BCUT2D eigenvalue weighted by Crippen LogP contribution is 2.43. The highest BCUT2D eigenvalue weighted by Gasteiger charge is 2.48. The highest BCUT2D eigenvalue weighted by molar-refractivity contribution is 5.66. The monoisotopic (exact) mass is 386 g/mol. The van der Waals surface area contributed by atoms with Gasteiger partial charge < -0.3 is 9.84 Å². The number of nitrogens with zero attached hydrogens (tertiary/aromatic N) is 2. The fraction of sp³-hybridized carbons (Fsp3) is 0.696. The minimum absolute atomic E-state index is 0.286. The van der Waals surface area contributed by atoms with Crippen molar-refractivity contribution in [2.24, 2.45) is 11.8 Å². The van der Waals surface area contributed by atoms with Crippen molar-refractivity contribution in [3.63, 3.8) is 0 Å². The SMILES string of the molecule is COc1cccc(CN2C[C@@H]3CCCN4CCC[C@@H]([C@H]34)[C@H]2CCCC(=O)O)c1. The molecule has 3 aliphatic heterocycles. The molecule has 3 heterocycles. The predicted molar refractivity (Wildman–Crippen MR) is 109 cm³/mol. The van der Waals surface area contributed by atoms with Crippen molar-refractivity contribution in [1.82, 2.24) is 9.80 Å². The van der Waals surface area contributed by atoms with Crippen LogP contribution in [0.2, 0.25) is 0 Å². The van der Waals surface area contributed by atoms with Crippen molar-refractivity contribution >= 4 is 5.97 Å². The molecule has 3 fully saturated rings. The minimum Gasteiger partial charge on any atom is -0.497 e. The van der Waals surface area contributed by atoms with Crippen LogP contribution >= 0.6 is 0 Å². The Morgan fingerprint density at radius 1 is 1.25 bits per heavy atom. The van der Waals surface area contributed by atoms with Crippen LogP contribution in [-0.4, -0.2) is 59.7 Å². The van der Waals surface area contributed by atoms with E-state index in [2.05, 4.69) is 28.0 Å². The Balaban J connectivity index is 1.55. The zero-order valence-corrected chi connectivity index (χ0v) is 17.1. The Hall–Kier alpha value is -1.59. The Labute approximate surface area is 168 Å². The molecule has 1 N–H and O–H groups in total. The summed E-state index contributed by atoms with van der Waals surface area (Å²) in [5.74, 6) is 1.69. The lowest BCUT2D eigenvalue weighted by Gasteiger charge is -2.57. The van der Waals surface area contributed by atoms with Crippen LogP contribution < -0.4 is 4.74 Å². The molecular weight excluding hydrogens is 352 g/mol. The molecule has 154 valence electrons. The van der Waals surface area contributed by atoms with Gasteiger partial charge in [-0.15, -0.1) is 0 Å². The Kier molecular flexibility index (Phi) is 6.22. The van der Waals surface area contributed by atoms with E-state index < -0.39 is 5.97 Å². The first kappa shape index (κ1) is 19.7. The van der Waals surface area contributed by atoms with E-state index in [0.717, 1.165) is 43.6 Å². The number of piperidine rings is 3. The van der Waals surface area contributed by atoms with Crippen molar-refractivity contribution in [3.05, 3.63) is 29.8 Å². The van der Waals surface area contributed by atoms with Gasteiger partial charge in [-0.05, 0) is 81.1 Å². The second kappa shape index (κ2) is 8.83. The molecule has 0 bridgehead atoms. The minimum atomic E-state index is -0.670. The third kappa shape index (κ3) is 4.20. The Bertz CT molecular complexity index is 678. The van der Waals surface area contributed by atoms with Crippen LogP contribution in [0, 0.1) is 11.8 Å². The van der Waals surface area contributed by atoms with Gasteiger partial charge in [-0.25, -0.2) is 0 Å². The number of hydrogen-bond donors (Lipinski definition) is 1. The normalized spacial score (nSPS) is 30.6. The molecule has 4 atom stereocenters. The van der Waals surface area contributed by atoms with Gasteiger partial charge in [-0.2, -0.15) is 0 Å². The van der Waals surface area contributed by atoms with E-state index in [-0.39, 0.29) is 6.42 Å². The van der Waals surface area contributed by atoms with Gasteiger partial charge in [0.15, 0.2) is 0 Å². The lowest BCUT2D eigenvalue weighted by Crippen LogP contribution is -2.64. The molecule has 1 aromatic rings. The molecule has 0 unspecified atom stereocenters. The Morgan fingerprint density at radius 3 is 2.86 bits per heavy atom. The maximum Gasteiger partial charge on any atom is 0.303 e. The number of likely N-dealkylation sites (tertiary alicyclic amines) is 1. The molecule has 5 nitrogen and oxygen atoms in total. The van der Waals surface area contributed by atoms with Gasteiger partial charge in [0.2, 0.25) is 0 Å². The van der Waals surface area contributed by atoms with Crippen molar-refractivity contribution in [2.45, 2.75) is 63.6 Å². The van der Waals surface area contributed by atoms with Gasteiger partial charge in [-0.1, -0.05) is 12.1 Å². The van der Waals surface area contributed by atoms with Crippen LogP contribution in [0.5, 0.6) is 5.75 Å². The largest absolute Gasteiger partial charge is 0.497 e. The molecule has 0 radical (unpaired) electrons. The number of methoxy groups -OCH3 is 1. The van der Waals surface area contributed by atoms with E-state index in [1.165, 1.54) is 44.3 Å². The maximum absolute atomic E-state index is 11.1. The van der Waals surface area contributed by atoms with E-state index in [9.17, 15) is 4.79 Å². The van der Waals surface area contributed by atoms with Crippen LogP contribution in [0.1, 0.15) is 50.5 Å². The van der Waals surface area contributed by atoms with Gasteiger partial charge in [-0.3, -0.25) is 14.6 Å². The van der Waals surface area contributed by atoms with Crippen LogP contribution in [-0.2, 0) is 11.3 Å². The van der Waals surface area contributed by atoms with Gasteiger partial charge in [0.1, 0.15) is 5.75 Å². The molecule has 5 heteroatoms. The van der Waals surface area contributed by atoms with Crippen LogP contribution in [0.25, 0.3) is 0 Å². The summed E-state index contributed by atoms with van der Waals surface area (Å²) in [6, 6.07) is 9.63. The summed E-state index contributed by atoms with van der Waals surface area (Å²) in [5, 5.41) is 9.13. The molecule has 3 aliphatic rings. The third-order valence-electron chi connectivity index (χ3n) is 7.19. The van der Waals surface area contributed by atoms with Crippen LogP contribution in [0.4, 0.5) is 0 Å². The van der Waals surface area contributed by atoms with E-state index in [0.29, 0.717) is 12.0 Å². The number of ether oxygens (including phenoxy) is 1. The fourth-order valence-electron chi connectivity index (χ4n) is 6.13. The second-order valence-electron chi connectivity index (χ2n) is 8.87. The van der Waals surface area contributed by atoms with Gasteiger partial charge in [0, 0.05) is 31.6 Å². The number of rotatable bonds is 7. The third-order valence-corrected chi connectivity index (χ3v) is 7.19. The number of carboxylic acid groups (broad SMARTS) is 1. The fourth-order valence-corrected chi connectivity index (χ4v) is 6.13. The van der Waals surface area contributed by atoms with Gasteiger partial charge in [0.05, 0.1) is 7.11 Å². The summed E-state index contributed by atoms with van der Waals surface area (Å²) >= 11 is 0. The average Bonchev–Trinajstić information content (AvgIpc) is 2.70. The second-order valence-corrected chi connectivity index (χ2v) is 8.87. The smallest absolute Gasteiger partial charge is 0.303 e. The first-order valence-corrected chi connectivity index (χ1v) is 11.0. The molecular formula is C23H34N2O3. The van der Waals surface area contributed by atoms with Crippen molar-refractivity contribution in [1.29, 1.82) is 0 Å². The van der Waals surface area contributed by atoms with Crippen LogP contribution in [0.3, 0.4) is 0 Å². The molecule has 0 amide bonds. The van der Waals surface area contributed by atoms with Crippen molar-refractivity contribution in [3.8, 4) is 5.75 Å². The van der Waals surface area contributed by atoms with E-state index >= 15 is 0 Å². The van der Waals surface area contributed by atoms with Crippen molar-refractivity contribution in [2.75, 3.05) is 26.7 Å². The number of carboxylic acids is 1. The first-order chi connectivity index (χ1) is 13.7. The van der Waals surface area contributed by atoms with E-state index in [1.54, 1.807) is 7.11 Å². The molecule has 28 heavy (non-hydrogen) atoms. The van der Waals surface area contributed by atoms with Gasteiger partial charge >= 0.3 is 5.97 Å². The summed E-state index contributed by atoms with van der Waals surface area (Å²) < 4.78 is 5.42. The summed E-state index contributed by atoms with van der Waals surface area (Å²) in [6.07, 6.45) is 7.31. The summed E-state index contributed by atoms with van der Waals surface area (Å²) in [4.78, 5) is 16.5. The average molecular weight is 387 g/mol. The first-order valence-electron chi connectivity index (χ1n) is 11.0. The maximum atomic E-state index is 11.1. The van der Waals surface area contributed by atoms with E-state index in [1.807, 2.05) is 6.07 Å². The van der Waals surface area contributed by atoms with Crippen molar-refractivity contribution < 1.29 is 14.6 Å². The molecule has 0 saturated carbocycles. The zero-order chi connectivity index (χ0) is 19.5. The summed E-state index contributed by atoms with van der Waals surface area (Å²) in [5.41, 5.74) is 1.30. The molecule has 1 aromatic carbocycles. The molecule has 0 spiro atoms. The molecule has 0 aromatic heterocycles. The van der Waals surface area contributed by atoms with E-state index in [4.69, 9.17) is 9.84 Å². The number of benzene rings is 1. The topological polar surface area (TPSA) is 53.0 Å². The zero-order valence-electron chi connectivity index (χ0n) is 17.1. The highest BCUT2D eigenvalue weighted by atomic mass is 16.5. The van der Waals surface area contributed by atoms with Gasteiger partial charge in [0.25, 0.3) is 0 Å². The summed E-state index contributed by atoms with van der Waals surface area (Å²) in [7, 11) is 1.72. The summed E-state index contributed by atoms with van der Waals surface area (Å²) in [6.45, 7) is 4.60. The molecule has 0 aliphatic carbocycles. The van der Waals surface area contributed by atoms with Crippen LogP contribution in [0.15, 0.2) is 24.3 Å². The number of aliphatic carboxylic acids is 1. The molecule has 4 rings (SSSR count). The lowest BCUT2D eigenvalue weighted by atomic mass is 9.69. The number of hydrogen-bond acceptors (Lipinski definition) is 4. The molecule has 3 saturated heterocycles. The Morgan fingerprint density at radius 2 is 2.07 bits per heavy atom. The lowest BCUT2D eigenvalue weighted by molar-refractivity contribution is -0.137. The number of carbonyl (C=O) groups is 1. The standard InChI is InChI=1S/C23H34N2O3/c1-28-19-8-2-6-17(14-19)15-25-16-18-7-4-12-24-13-5-9-20(23(18)24)21(25)10-3-11-22(26)27/h2,6,8,14,18,20-21,23H,3-5,7,9-13,15-16H2,1H3,(H,26,27)/t18-,20+,21+,23-/m0/s1.